The Labute approximate surface area is 159 Å². The van der Waals surface area contributed by atoms with Crippen molar-refractivity contribution in [1.29, 1.82) is 0 Å². The third kappa shape index (κ3) is 5.35. The number of fused-ring (bicyclic) bond motifs is 1. The van der Waals surface area contributed by atoms with E-state index in [2.05, 4.69) is 15.8 Å². The first-order valence-electron chi connectivity index (χ1n) is 8.03. The van der Waals surface area contributed by atoms with Crippen molar-refractivity contribution in [3.05, 3.63) is 60.2 Å². The SMILES string of the molecule is COc1ccc(/C=C/C(=O)NNC(=O)CSc2nc3ccccc3o2)cc1. The van der Waals surface area contributed by atoms with Crippen LogP contribution in [0.2, 0.25) is 0 Å². The molecular weight excluding hydrogens is 366 g/mol. The molecule has 0 saturated heterocycles. The highest BCUT2D eigenvalue weighted by Crippen LogP contribution is 2.22. The molecule has 3 rings (SSSR count). The quantitative estimate of drug-likeness (QED) is 0.386. The van der Waals surface area contributed by atoms with Crippen LogP contribution in [0, 0.1) is 0 Å². The van der Waals surface area contributed by atoms with E-state index >= 15 is 0 Å². The number of oxazole rings is 1. The molecule has 2 aromatic carbocycles. The first-order valence-corrected chi connectivity index (χ1v) is 9.02. The molecule has 0 fully saturated rings. The monoisotopic (exact) mass is 383 g/mol. The number of hydrogen-bond acceptors (Lipinski definition) is 6. The fourth-order valence-electron chi connectivity index (χ4n) is 2.14. The molecule has 0 saturated carbocycles. The number of hydrazine groups is 1. The van der Waals surface area contributed by atoms with E-state index < -0.39 is 5.91 Å². The molecule has 0 aliphatic heterocycles. The number of para-hydroxylation sites is 2. The summed E-state index contributed by atoms with van der Waals surface area (Å²) in [6.45, 7) is 0. The van der Waals surface area contributed by atoms with Gasteiger partial charge >= 0.3 is 0 Å². The van der Waals surface area contributed by atoms with Gasteiger partial charge < -0.3 is 9.15 Å². The highest BCUT2D eigenvalue weighted by atomic mass is 32.2. The van der Waals surface area contributed by atoms with Gasteiger partial charge in [0.1, 0.15) is 11.3 Å². The Balaban J connectivity index is 1.42. The maximum Gasteiger partial charge on any atom is 0.262 e. The highest BCUT2D eigenvalue weighted by molar-refractivity contribution is 7.99. The van der Waals surface area contributed by atoms with Crippen LogP contribution in [0.1, 0.15) is 5.56 Å². The topological polar surface area (TPSA) is 93.5 Å². The van der Waals surface area contributed by atoms with Crippen molar-refractivity contribution in [1.82, 2.24) is 15.8 Å². The normalized spacial score (nSPS) is 10.9. The van der Waals surface area contributed by atoms with Crippen LogP contribution in [0.4, 0.5) is 0 Å². The van der Waals surface area contributed by atoms with E-state index in [1.54, 1.807) is 25.3 Å². The highest BCUT2D eigenvalue weighted by Gasteiger charge is 2.09. The number of carbonyl (C=O) groups is 2. The molecule has 138 valence electrons. The molecule has 7 nitrogen and oxygen atoms in total. The van der Waals surface area contributed by atoms with E-state index in [1.807, 2.05) is 36.4 Å². The number of amides is 2. The van der Waals surface area contributed by atoms with Gasteiger partial charge in [0, 0.05) is 6.08 Å². The smallest absolute Gasteiger partial charge is 0.262 e. The zero-order valence-electron chi connectivity index (χ0n) is 14.5. The molecule has 8 heteroatoms. The van der Waals surface area contributed by atoms with E-state index in [0.717, 1.165) is 28.6 Å². The Kier molecular flexibility index (Phi) is 6.11. The number of thioether (sulfide) groups is 1. The van der Waals surface area contributed by atoms with E-state index in [1.165, 1.54) is 6.08 Å². The summed E-state index contributed by atoms with van der Waals surface area (Å²) < 4.78 is 10.6. The molecular formula is C19H17N3O4S. The summed E-state index contributed by atoms with van der Waals surface area (Å²) in [4.78, 5) is 27.9. The van der Waals surface area contributed by atoms with Crippen molar-refractivity contribution in [2.75, 3.05) is 12.9 Å². The molecule has 0 bridgehead atoms. The fraction of sp³-hybridized carbons (Fsp3) is 0.105. The summed E-state index contributed by atoms with van der Waals surface area (Å²) >= 11 is 1.15. The zero-order chi connectivity index (χ0) is 19.1. The summed E-state index contributed by atoms with van der Waals surface area (Å²) in [5.41, 5.74) is 6.90. The van der Waals surface area contributed by atoms with Crippen LogP contribution in [-0.2, 0) is 9.59 Å². The third-order valence-corrected chi connectivity index (χ3v) is 4.30. The predicted octanol–water partition coefficient (Wildman–Crippen LogP) is 2.79. The Bertz CT molecular complexity index is 934. The molecule has 0 radical (unpaired) electrons. The van der Waals surface area contributed by atoms with Crippen molar-refractivity contribution in [2.24, 2.45) is 0 Å². The lowest BCUT2D eigenvalue weighted by molar-refractivity contribution is -0.125. The fourth-order valence-corrected chi connectivity index (χ4v) is 2.77. The van der Waals surface area contributed by atoms with Crippen LogP contribution >= 0.6 is 11.8 Å². The number of aromatic nitrogens is 1. The second-order valence-corrected chi connectivity index (χ2v) is 6.31. The summed E-state index contributed by atoms with van der Waals surface area (Å²) in [7, 11) is 1.59. The van der Waals surface area contributed by atoms with Crippen molar-refractivity contribution in [2.45, 2.75) is 5.22 Å². The molecule has 2 amide bonds. The van der Waals surface area contributed by atoms with Crippen LogP contribution in [0.3, 0.4) is 0 Å². The van der Waals surface area contributed by atoms with E-state index in [-0.39, 0.29) is 11.7 Å². The van der Waals surface area contributed by atoms with Gasteiger partial charge in [0.2, 0.25) is 5.91 Å². The number of benzene rings is 2. The lowest BCUT2D eigenvalue weighted by Crippen LogP contribution is -2.41. The lowest BCUT2D eigenvalue weighted by Gasteiger charge is -2.04. The Morgan fingerprint density at radius 1 is 1.15 bits per heavy atom. The average Bonchev–Trinajstić information content (AvgIpc) is 3.12. The van der Waals surface area contributed by atoms with Gasteiger partial charge in [0.05, 0.1) is 12.9 Å². The Hall–Kier alpha value is -3.26. The molecule has 27 heavy (non-hydrogen) atoms. The maximum absolute atomic E-state index is 11.8. The number of methoxy groups -OCH3 is 1. The molecule has 0 aliphatic rings. The van der Waals surface area contributed by atoms with Crippen LogP contribution in [-0.4, -0.2) is 29.7 Å². The maximum atomic E-state index is 11.8. The van der Waals surface area contributed by atoms with Crippen molar-refractivity contribution < 1.29 is 18.7 Å². The minimum atomic E-state index is -0.439. The zero-order valence-corrected chi connectivity index (χ0v) is 15.3. The molecule has 1 heterocycles. The van der Waals surface area contributed by atoms with Crippen LogP contribution < -0.4 is 15.6 Å². The van der Waals surface area contributed by atoms with Crippen LogP contribution in [0.25, 0.3) is 17.2 Å². The van der Waals surface area contributed by atoms with Gasteiger partial charge in [0.25, 0.3) is 11.1 Å². The second-order valence-electron chi connectivity index (χ2n) is 5.38. The molecule has 3 aromatic rings. The van der Waals surface area contributed by atoms with E-state index in [4.69, 9.17) is 9.15 Å². The first-order chi connectivity index (χ1) is 13.1. The number of hydrogen-bond donors (Lipinski definition) is 2. The average molecular weight is 383 g/mol. The van der Waals surface area contributed by atoms with Gasteiger partial charge in [-0.15, -0.1) is 0 Å². The third-order valence-electron chi connectivity index (χ3n) is 3.47. The standard InChI is InChI=1S/C19H17N3O4S/c1-25-14-9-6-13(7-10-14)8-11-17(23)21-22-18(24)12-27-19-20-15-4-2-3-5-16(15)26-19/h2-11H,12H2,1H3,(H,21,23)(H,22,24)/b11-8+. The number of ether oxygens (including phenoxy) is 1. The summed E-state index contributed by atoms with van der Waals surface area (Å²) in [6.07, 6.45) is 2.96. The summed E-state index contributed by atoms with van der Waals surface area (Å²) in [5, 5.41) is 0.400. The second kappa shape index (κ2) is 8.91. The van der Waals surface area contributed by atoms with Gasteiger partial charge in [-0.05, 0) is 35.9 Å². The van der Waals surface area contributed by atoms with E-state index in [9.17, 15) is 9.59 Å². The minimum absolute atomic E-state index is 0.0648. The molecule has 1 aromatic heterocycles. The van der Waals surface area contributed by atoms with Gasteiger partial charge in [-0.25, -0.2) is 4.98 Å². The Morgan fingerprint density at radius 3 is 2.67 bits per heavy atom. The van der Waals surface area contributed by atoms with Crippen LogP contribution in [0.5, 0.6) is 5.75 Å². The summed E-state index contributed by atoms with van der Waals surface area (Å²) in [5.74, 6) is -0.00486. The van der Waals surface area contributed by atoms with Gasteiger partial charge in [-0.3, -0.25) is 20.4 Å². The van der Waals surface area contributed by atoms with Gasteiger partial charge in [0.15, 0.2) is 5.58 Å². The molecule has 0 aliphatic carbocycles. The molecule has 2 N–H and O–H groups in total. The number of carbonyl (C=O) groups excluding carboxylic acids is 2. The van der Waals surface area contributed by atoms with Crippen molar-refractivity contribution >= 4 is 40.8 Å². The molecule has 0 spiro atoms. The molecule has 0 unspecified atom stereocenters. The number of rotatable bonds is 6. The van der Waals surface area contributed by atoms with Crippen molar-refractivity contribution in [3.8, 4) is 5.75 Å². The van der Waals surface area contributed by atoms with E-state index in [0.29, 0.717) is 10.8 Å². The summed E-state index contributed by atoms with van der Waals surface area (Å²) in [6, 6.07) is 14.6. The van der Waals surface area contributed by atoms with Crippen molar-refractivity contribution in [3.63, 3.8) is 0 Å². The van der Waals surface area contributed by atoms with Gasteiger partial charge in [-0.2, -0.15) is 0 Å². The lowest BCUT2D eigenvalue weighted by atomic mass is 10.2. The first kappa shape index (κ1) is 18.5. The molecule has 0 atom stereocenters. The predicted molar refractivity (Wildman–Crippen MR) is 103 cm³/mol. The number of nitrogens with zero attached hydrogens (tertiary/aromatic N) is 1. The Morgan fingerprint density at radius 2 is 1.93 bits per heavy atom. The van der Waals surface area contributed by atoms with Gasteiger partial charge in [-0.1, -0.05) is 36.0 Å². The minimum Gasteiger partial charge on any atom is -0.497 e. The number of nitrogens with one attached hydrogen (secondary N) is 2. The largest absolute Gasteiger partial charge is 0.497 e. The van der Waals surface area contributed by atoms with Crippen LogP contribution in [0.15, 0.2) is 64.2 Å².